The maximum absolute atomic E-state index is 4.61. The van der Waals surface area contributed by atoms with Crippen LogP contribution in [0, 0.1) is 0 Å². The fraction of sp³-hybridized carbons (Fsp3) is 0. The Hall–Kier alpha value is -2.04. The molecule has 0 fully saturated rings. The van der Waals surface area contributed by atoms with E-state index in [9.17, 15) is 0 Å². The Balaban J connectivity index is 1.76. The third kappa shape index (κ3) is 2.56. The number of nitrogens with zero attached hydrogens (tertiary/aromatic N) is 2. The Labute approximate surface area is 140 Å². The van der Waals surface area contributed by atoms with Gasteiger partial charge in [-0.1, -0.05) is 69.7 Å². The molecular formula is C18H11BrN2S. The van der Waals surface area contributed by atoms with Gasteiger partial charge in [0.1, 0.15) is 0 Å². The van der Waals surface area contributed by atoms with Crippen LogP contribution in [-0.2, 0) is 0 Å². The van der Waals surface area contributed by atoms with Crippen molar-refractivity contribution in [1.29, 1.82) is 0 Å². The average molecular weight is 367 g/mol. The van der Waals surface area contributed by atoms with Crippen LogP contribution in [0.15, 0.2) is 70.1 Å². The molecule has 106 valence electrons. The standard InChI is InChI=1S/C18H11BrN2S/c19-14-8-5-12(6-9-14)11-20-18-21-16-10-7-13-3-1-2-4-15(13)17(16)22-18/h1-11H/b20-11+. The molecule has 1 heterocycles. The molecule has 2 nitrogen and oxygen atoms in total. The van der Waals surface area contributed by atoms with Gasteiger partial charge in [0.2, 0.25) is 5.13 Å². The monoisotopic (exact) mass is 366 g/mol. The molecule has 4 heteroatoms. The fourth-order valence-corrected chi connectivity index (χ4v) is 3.59. The van der Waals surface area contributed by atoms with Gasteiger partial charge in [-0.3, -0.25) is 0 Å². The highest BCUT2D eigenvalue weighted by molar-refractivity contribution is 9.10. The molecule has 0 aliphatic carbocycles. The summed E-state index contributed by atoms with van der Waals surface area (Å²) in [6, 6.07) is 20.6. The Morgan fingerprint density at radius 3 is 2.64 bits per heavy atom. The average Bonchev–Trinajstić information content (AvgIpc) is 2.98. The van der Waals surface area contributed by atoms with Gasteiger partial charge in [-0.25, -0.2) is 9.98 Å². The highest BCUT2D eigenvalue weighted by Crippen LogP contribution is 2.33. The van der Waals surface area contributed by atoms with Gasteiger partial charge in [0.05, 0.1) is 10.2 Å². The molecule has 0 N–H and O–H groups in total. The van der Waals surface area contributed by atoms with Crippen LogP contribution in [0.25, 0.3) is 21.0 Å². The van der Waals surface area contributed by atoms with Crippen LogP contribution in [0.5, 0.6) is 0 Å². The van der Waals surface area contributed by atoms with Crippen molar-refractivity contribution >= 4 is 59.6 Å². The number of fused-ring (bicyclic) bond motifs is 3. The van der Waals surface area contributed by atoms with Gasteiger partial charge in [-0.15, -0.1) is 0 Å². The smallest absolute Gasteiger partial charge is 0.210 e. The quantitative estimate of drug-likeness (QED) is 0.401. The van der Waals surface area contributed by atoms with E-state index in [1.54, 1.807) is 11.3 Å². The molecule has 4 rings (SSSR count). The predicted molar refractivity (Wildman–Crippen MR) is 98.5 cm³/mol. The van der Waals surface area contributed by atoms with Crippen molar-refractivity contribution in [2.45, 2.75) is 0 Å². The van der Waals surface area contributed by atoms with Crippen molar-refractivity contribution in [1.82, 2.24) is 4.98 Å². The molecule has 3 aromatic carbocycles. The summed E-state index contributed by atoms with van der Waals surface area (Å²) in [4.78, 5) is 9.12. The van der Waals surface area contributed by atoms with Crippen molar-refractivity contribution in [3.8, 4) is 0 Å². The molecule has 0 atom stereocenters. The zero-order valence-electron chi connectivity index (χ0n) is 11.5. The molecule has 0 saturated heterocycles. The van der Waals surface area contributed by atoms with E-state index in [1.807, 2.05) is 30.5 Å². The Kier molecular flexibility index (Phi) is 3.48. The third-order valence-electron chi connectivity index (χ3n) is 3.46. The number of aliphatic imine (C=N–C) groups is 1. The number of hydrogen-bond donors (Lipinski definition) is 0. The van der Waals surface area contributed by atoms with Crippen LogP contribution in [0.1, 0.15) is 5.56 Å². The minimum absolute atomic E-state index is 0.786. The zero-order valence-corrected chi connectivity index (χ0v) is 13.9. The first-order valence-corrected chi connectivity index (χ1v) is 8.48. The van der Waals surface area contributed by atoms with Crippen LogP contribution in [0.4, 0.5) is 5.13 Å². The third-order valence-corrected chi connectivity index (χ3v) is 5.00. The summed E-state index contributed by atoms with van der Waals surface area (Å²) < 4.78 is 2.26. The van der Waals surface area contributed by atoms with E-state index in [1.165, 1.54) is 15.5 Å². The second-order valence-electron chi connectivity index (χ2n) is 4.94. The van der Waals surface area contributed by atoms with Crippen LogP contribution in [0.3, 0.4) is 0 Å². The molecule has 1 aromatic heterocycles. The molecular weight excluding hydrogens is 356 g/mol. The van der Waals surface area contributed by atoms with Crippen molar-refractivity contribution in [2.24, 2.45) is 4.99 Å². The van der Waals surface area contributed by atoms with Gasteiger partial charge in [0.25, 0.3) is 0 Å². The fourth-order valence-electron chi connectivity index (χ4n) is 2.38. The molecule has 4 aromatic rings. The summed E-state index contributed by atoms with van der Waals surface area (Å²) in [5.74, 6) is 0. The molecule has 22 heavy (non-hydrogen) atoms. The normalized spacial score (nSPS) is 11.7. The lowest BCUT2D eigenvalue weighted by Crippen LogP contribution is -1.78. The lowest BCUT2D eigenvalue weighted by atomic mass is 10.1. The minimum atomic E-state index is 0.786. The highest BCUT2D eigenvalue weighted by Gasteiger charge is 2.06. The number of hydrogen-bond acceptors (Lipinski definition) is 3. The molecule has 0 radical (unpaired) electrons. The van der Waals surface area contributed by atoms with Crippen molar-refractivity contribution in [3.63, 3.8) is 0 Å². The first kappa shape index (κ1) is 13.6. The number of aromatic nitrogens is 1. The van der Waals surface area contributed by atoms with E-state index in [0.717, 1.165) is 20.7 Å². The summed E-state index contributed by atoms with van der Waals surface area (Å²) in [6.45, 7) is 0. The van der Waals surface area contributed by atoms with Gasteiger partial charge in [0.15, 0.2) is 0 Å². The Morgan fingerprint density at radius 1 is 0.955 bits per heavy atom. The summed E-state index contributed by atoms with van der Waals surface area (Å²) in [5, 5.41) is 3.26. The number of rotatable bonds is 2. The molecule has 0 bridgehead atoms. The van der Waals surface area contributed by atoms with E-state index in [0.29, 0.717) is 0 Å². The summed E-state index contributed by atoms with van der Waals surface area (Å²) in [6.07, 6.45) is 1.85. The molecule has 0 amide bonds. The molecule has 0 unspecified atom stereocenters. The van der Waals surface area contributed by atoms with Crippen LogP contribution >= 0.6 is 27.3 Å². The van der Waals surface area contributed by atoms with Crippen molar-refractivity contribution < 1.29 is 0 Å². The molecule has 0 aliphatic heterocycles. The van der Waals surface area contributed by atoms with Crippen LogP contribution in [-0.4, -0.2) is 11.2 Å². The van der Waals surface area contributed by atoms with Crippen LogP contribution in [0.2, 0.25) is 0 Å². The van der Waals surface area contributed by atoms with Crippen LogP contribution < -0.4 is 0 Å². The first-order chi connectivity index (χ1) is 10.8. The predicted octanol–water partition coefficient (Wildman–Crippen LogP) is 5.96. The number of benzene rings is 3. The van der Waals surface area contributed by atoms with Gasteiger partial charge in [0, 0.05) is 16.1 Å². The van der Waals surface area contributed by atoms with E-state index < -0.39 is 0 Å². The minimum Gasteiger partial charge on any atom is -0.227 e. The van der Waals surface area contributed by atoms with Crippen molar-refractivity contribution in [3.05, 3.63) is 70.7 Å². The molecule has 0 spiro atoms. The first-order valence-electron chi connectivity index (χ1n) is 6.87. The summed E-state index contributed by atoms with van der Waals surface area (Å²) in [5.41, 5.74) is 2.07. The van der Waals surface area contributed by atoms with E-state index in [4.69, 9.17) is 0 Å². The number of halogens is 1. The SMILES string of the molecule is Brc1ccc(/C=N/c2nc3ccc4ccccc4c3s2)cc1. The molecule has 0 saturated carbocycles. The topological polar surface area (TPSA) is 25.2 Å². The van der Waals surface area contributed by atoms with Gasteiger partial charge in [-0.2, -0.15) is 0 Å². The van der Waals surface area contributed by atoms with E-state index in [-0.39, 0.29) is 0 Å². The molecule has 0 aliphatic rings. The van der Waals surface area contributed by atoms with E-state index >= 15 is 0 Å². The Morgan fingerprint density at radius 2 is 1.77 bits per heavy atom. The zero-order chi connectivity index (χ0) is 14.9. The van der Waals surface area contributed by atoms with E-state index in [2.05, 4.69) is 62.3 Å². The largest absolute Gasteiger partial charge is 0.227 e. The Bertz CT molecular complexity index is 987. The highest BCUT2D eigenvalue weighted by atomic mass is 79.9. The second kappa shape index (κ2) is 5.63. The maximum Gasteiger partial charge on any atom is 0.210 e. The van der Waals surface area contributed by atoms with Gasteiger partial charge >= 0.3 is 0 Å². The lowest BCUT2D eigenvalue weighted by molar-refractivity contribution is 1.41. The summed E-state index contributed by atoms with van der Waals surface area (Å²) in [7, 11) is 0. The van der Waals surface area contributed by atoms with Gasteiger partial charge < -0.3 is 0 Å². The number of thiazole rings is 1. The van der Waals surface area contributed by atoms with Gasteiger partial charge in [-0.05, 0) is 29.1 Å². The lowest BCUT2D eigenvalue weighted by Gasteiger charge is -1.96. The maximum atomic E-state index is 4.61. The van der Waals surface area contributed by atoms with Crippen molar-refractivity contribution in [2.75, 3.05) is 0 Å². The second-order valence-corrected chi connectivity index (χ2v) is 6.83. The summed E-state index contributed by atoms with van der Waals surface area (Å²) >= 11 is 5.06.